The maximum absolute atomic E-state index is 12.2. The Morgan fingerprint density at radius 1 is 1.27 bits per heavy atom. The molecule has 124 valence electrons. The molecule has 1 N–H and O–H groups in total. The van der Waals surface area contributed by atoms with Gasteiger partial charge in [-0.25, -0.2) is 4.79 Å². The monoisotopic (exact) mass is 308 g/mol. The molecule has 2 saturated heterocycles. The van der Waals surface area contributed by atoms with Gasteiger partial charge < -0.3 is 19.7 Å². The summed E-state index contributed by atoms with van der Waals surface area (Å²) in [6.07, 6.45) is 10.2. The van der Waals surface area contributed by atoms with Gasteiger partial charge in [-0.15, -0.1) is 0 Å². The molecule has 0 spiro atoms. The van der Waals surface area contributed by atoms with Crippen LogP contribution in [0.1, 0.15) is 32.1 Å². The van der Waals surface area contributed by atoms with Crippen LogP contribution in [-0.4, -0.2) is 56.5 Å². The molecule has 22 heavy (non-hydrogen) atoms. The third kappa shape index (κ3) is 4.23. The SMILES string of the molecule is O=C(NCCCOC[C@@H]1CCCO1)N1C[C@H]2CC=CC[C@@H]2C1. The third-order valence-corrected chi connectivity index (χ3v) is 4.98. The molecule has 3 rings (SSSR count). The lowest BCUT2D eigenvalue weighted by Gasteiger charge is -2.17. The highest BCUT2D eigenvalue weighted by atomic mass is 16.5. The summed E-state index contributed by atoms with van der Waals surface area (Å²) in [5.41, 5.74) is 0. The van der Waals surface area contributed by atoms with Crippen LogP contribution in [0.15, 0.2) is 12.2 Å². The number of hydrogen-bond donors (Lipinski definition) is 1. The molecular formula is C17H28N2O3. The van der Waals surface area contributed by atoms with Crippen LogP contribution in [0.3, 0.4) is 0 Å². The predicted octanol–water partition coefficient (Wildman–Crippen LogP) is 2.18. The summed E-state index contributed by atoms with van der Waals surface area (Å²) >= 11 is 0. The number of fused-ring (bicyclic) bond motifs is 1. The zero-order valence-corrected chi connectivity index (χ0v) is 13.3. The number of carbonyl (C=O) groups is 1. The first-order chi connectivity index (χ1) is 10.8. The van der Waals surface area contributed by atoms with E-state index in [9.17, 15) is 4.79 Å². The van der Waals surface area contributed by atoms with Crippen LogP contribution < -0.4 is 5.32 Å². The van der Waals surface area contributed by atoms with E-state index in [4.69, 9.17) is 9.47 Å². The minimum absolute atomic E-state index is 0.0912. The van der Waals surface area contributed by atoms with Crippen LogP contribution in [0, 0.1) is 11.8 Å². The molecule has 2 aliphatic heterocycles. The van der Waals surface area contributed by atoms with Gasteiger partial charge in [-0.1, -0.05) is 12.2 Å². The summed E-state index contributed by atoms with van der Waals surface area (Å²) in [4.78, 5) is 14.1. The molecule has 0 unspecified atom stereocenters. The predicted molar refractivity (Wildman–Crippen MR) is 84.7 cm³/mol. The number of urea groups is 1. The molecule has 0 saturated carbocycles. The fourth-order valence-corrected chi connectivity index (χ4v) is 3.65. The molecule has 0 radical (unpaired) electrons. The summed E-state index contributed by atoms with van der Waals surface area (Å²) < 4.78 is 11.1. The van der Waals surface area contributed by atoms with Gasteiger partial charge >= 0.3 is 6.03 Å². The van der Waals surface area contributed by atoms with E-state index < -0.39 is 0 Å². The van der Waals surface area contributed by atoms with Gasteiger partial charge in [0.25, 0.3) is 0 Å². The number of nitrogens with one attached hydrogen (secondary N) is 1. The lowest BCUT2D eigenvalue weighted by atomic mass is 9.86. The van der Waals surface area contributed by atoms with Crippen molar-refractivity contribution in [3.8, 4) is 0 Å². The first-order valence-electron chi connectivity index (χ1n) is 8.70. The molecule has 3 aliphatic rings. The highest BCUT2D eigenvalue weighted by Crippen LogP contribution is 2.32. The topological polar surface area (TPSA) is 50.8 Å². The summed E-state index contributed by atoms with van der Waals surface area (Å²) in [7, 11) is 0. The lowest BCUT2D eigenvalue weighted by molar-refractivity contribution is 0.0167. The Morgan fingerprint density at radius 2 is 2.05 bits per heavy atom. The Balaban J connectivity index is 1.24. The van der Waals surface area contributed by atoms with Gasteiger partial charge in [-0.2, -0.15) is 0 Å². The zero-order chi connectivity index (χ0) is 15.2. The molecule has 2 amide bonds. The van der Waals surface area contributed by atoms with Crippen LogP contribution in [0.25, 0.3) is 0 Å². The number of likely N-dealkylation sites (tertiary alicyclic amines) is 1. The van der Waals surface area contributed by atoms with Crippen LogP contribution in [0.4, 0.5) is 4.79 Å². The van der Waals surface area contributed by atoms with E-state index >= 15 is 0 Å². The van der Waals surface area contributed by atoms with Crippen LogP contribution >= 0.6 is 0 Å². The smallest absolute Gasteiger partial charge is 0.317 e. The van der Waals surface area contributed by atoms with Crippen molar-refractivity contribution in [1.29, 1.82) is 0 Å². The van der Waals surface area contributed by atoms with E-state index in [-0.39, 0.29) is 12.1 Å². The highest BCUT2D eigenvalue weighted by Gasteiger charge is 2.34. The number of allylic oxidation sites excluding steroid dienone is 2. The van der Waals surface area contributed by atoms with Gasteiger partial charge in [-0.05, 0) is 43.9 Å². The second-order valence-electron chi connectivity index (χ2n) is 6.66. The summed E-state index contributed by atoms with van der Waals surface area (Å²) in [5.74, 6) is 1.34. The molecule has 5 heteroatoms. The van der Waals surface area contributed by atoms with Crippen molar-refractivity contribution in [2.24, 2.45) is 11.8 Å². The van der Waals surface area contributed by atoms with Gasteiger partial charge in [0.2, 0.25) is 0 Å². The molecular weight excluding hydrogens is 280 g/mol. The minimum Gasteiger partial charge on any atom is -0.379 e. The average molecular weight is 308 g/mol. The second kappa shape index (κ2) is 7.97. The van der Waals surface area contributed by atoms with Gasteiger partial charge in [0, 0.05) is 32.8 Å². The van der Waals surface area contributed by atoms with E-state index in [1.807, 2.05) is 4.90 Å². The Morgan fingerprint density at radius 3 is 2.73 bits per heavy atom. The maximum atomic E-state index is 12.2. The van der Waals surface area contributed by atoms with Crippen LogP contribution in [-0.2, 0) is 9.47 Å². The van der Waals surface area contributed by atoms with Crippen molar-refractivity contribution in [3.63, 3.8) is 0 Å². The average Bonchev–Trinajstić information content (AvgIpc) is 3.19. The fraction of sp³-hybridized carbons (Fsp3) is 0.824. The van der Waals surface area contributed by atoms with Crippen molar-refractivity contribution in [2.75, 3.05) is 39.5 Å². The molecule has 0 aromatic carbocycles. The van der Waals surface area contributed by atoms with Crippen molar-refractivity contribution in [3.05, 3.63) is 12.2 Å². The summed E-state index contributed by atoms with van der Waals surface area (Å²) in [5, 5.41) is 3.02. The Kier molecular flexibility index (Phi) is 5.73. The van der Waals surface area contributed by atoms with E-state index in [0.717, 1.165) is 51.8 Å². The number of nitrogens with zero attached hydrogens (tertiary/aromatic N) is 1. The van der Waals surface area contributed by atoms with Crippen LogP contribution in [0.2, 0.25) is 0 Å². The number of carbonyl (C=O) groups excluding carboxylic acids is 1. The number of ether oxygens (including phenoxy) is 2. The van der Waals surface area contributed by atoms with Crippen molar-refractivity contribution < 1.29 is 14.3 Å². The zero-order valence-electron chi connectivity index (χ0n) is 13.3. The fourth-order valence-electron chi connectivity index (χ4n) is 3.65. The molecule has 3 atom stereocenters. The van der Waals surface area contributed by atoms with Crippen molar-refractivity contribution in [1.82, 2.24) is 10.2 Å². The summed E-state index contributed by atoms with van der Waals surface area (Å²) in [6.45, 7) is 4.77. The largest absolute Gasteiger partial charge is 0.379 e. The van der Waals surface area contributed by atoms with Crippen molar-refractivity contribution >= 4 is 6.03 Å². The Labute approximate surface area is 133 Å². The lowest BCUT2D eigenvalue weighted by Crippen LogP contribution is -2.39. The molecule has 2 heterocycles. The number of hydrogen-bond acceptors (Lipinski definition) is 3. The standard InChI is InChI=1S/C17H28N2O3/c20-17(19-11-14-5-1-2-6-15(14)12-19)18-8-4-9-21-13-16-7-3-10-22-16/h1-2,14-16H,3-13H2,(H,18,20)/t14-,15-,16+/m1/s1. The van der Waals surface area contributed by atoms with E-state index in [2.05, 4.69) is 17.5 Å². The van der Waals surface area contributed by atoms with Gasteiger partial charge in [0.15, 0.2) is 0 Å². The molecule has 0 bridgehead atoms. The first-order valence-corrected chi connectivity index (χ1v) is 8.70. The highest BCUT2D eigenvalue weighted by molar-refractivity contribution is 5.74. The molecule has 5 nitrogen and oxygen atoms in total. The van der Waals surface area contributed by atoms with E-state index in [0.29, 0.717) is 31.6 Å². The van der Waals surface area contributed by atoms with Gasteiger partial charge in [0.1, 0.15) is 0 Å². The molecule has 0 aromatic rings. The first kappa shape index (κ1) is 15.8. The van der Waals surface area contributed by atoms with Gasteiger partial charge in [0.05, 0.1) is 12.7 Å². The third-order valence-electron chi connectivity index (χ3n) is 4.98. The van der Waals surface area contributed by atoms with Gasteiger partial charge in [-0.3, -0.25) is 0 Å². The summed E-state index contributed by atoms with van der Waals surface area (Å²) in [6, 6.07) is 0.0912. The Hall–Kier alpha value is -1.07. The van der Waals surface area contributed by atoms with Crippen LogP contribution in [0.5, 0.6) is 0 Å². The molecule has 2 fully saturated rings. The van der Waals surface area contributed by atoms with Crippen molar-refractivity contribution in [2.45, 2.75) is 38.2 Å². The number of rotatable bonds is 6. The normalized spacial score (nSPS) is 30.5. The maximum Gasteiger partial charge on any atom is 0.317 e. The quantitative estimate of drug-likeness (QED) is 0.604. The Bertz CT molecular complexity index is 377. The molecule has 1 aliphatic carbocycles. The van der Waals surface area contributed by atoms with E-state index in [1.54, 1.807) is 0 Å². The minimum atomic E-state index is 0.0912. The van der Waals surface area contributed by atoms with E-state index in [1.165, 1.54) is 0 Å². The molecule has 0 aromatic heterocycles. The number of amides is 2. The second-order valence-corrected chi connectivity index (χ2v) is 6.66.